The highest BCUT2D eigenvalue weighted by Crippen LogP contribution is 2.24. The zero-order chi connectivity index (χ0) is 22.5. The molecule has 0 radical (unpaired) electrons. The van der Waals surface area contributed by atoms with Gasteiger partial charge in [-0.15, -0.1) is 11.3 Å². The number of aliphatic hydroxyl groups excluding tert-OH is 3. The zero-order valence-electron chi connectivity index (χ0n) is 16.1. The van der Waals surface area contributed by atoms with Gasteiger partial charge in [0.1, 0.15) is 29.8 Å². The van der Waals surface area contributed by atoms with Crippen LogP contribution in [0.25, 0.3) is 0 Å². The molecule has 0 saturated heterocycles. The van der Waals surface area contributed by atoms with Crippen molar-refractivity contribution in [3.05, 3.63) is 40.9 Å². The Bertz CT molecular complexity index is 948. The number of rotatable bonds is 10. The van der Waals surface area contributed by atoms with Crippen molar-refractivity contribution in [3.63, 3.8) is 0 Å². The van der Waals surface area contributed by atoms with Gasteiger partial charge in [-0.05, 0) is 17.7 Å². The highest BCUT2D eigenvalue weighted by atomic mass is 32.2. The average Bonchev–Trinajstić information content (AvgIpc) is 3.12. The van der Waals surface area contributed by atoms with Crippen LogP contribution in [0.2, 0.25) is 0 Å². The maximum absolute atomic E-state index is 12.6. The summed E-state index contributed by atoms with van der Waals surface area (Å²) in [6.45, 7) is -0.255. The van der Waals surface area contributed by atoms with Crippen LogP contribution in [0.3, 0.4) is 0 Å². The summed E-state index contributed by atoms with van der Waals surface area (Å²) in [6.07, 6.45) is -3.57. The molecule has 1 heterocycles. The van der Waals surface area contributed by atoms with E-state index in [0.29, 0.717) is 0 Å². The SMILES string of the molecule is COCC(O)C(O)C(NC(=O)c1csc(NS(C)(=O)=O)n1)C(O)c1ccc(O)cc1. The molecule has 1 aromatic carbocycles. The Labute approximate surface area is 177 Å². The molecule has 0 aliphatic heterocycles. The molecule has 0 fully saturated rings. The molecule has 30 heavy (non-hydrogen) atoms. The molecular weight excluding hydrogens is 438 g/mol. The Morgan fingerprint density at radius 1 is 1.23 bits per heavy atom. The Kier molecular flexibility index (Phi) is 8.11. The van der Waals surface area contributed by atoms with Crippen LogP contribution in [0.4, 0.5) is 5.13 Å². The first-order valence-corrected chi connectivity index (χ1v) is 11.3. The Hall–Kier alpha value is -2.29. The predicted octanol–water partition coefficient (Wildman–Crippen LogP) is -0.580. The maximum Gasteiger partial charge on any atom is 0.271 e. The van der Waals surface area contributed by atoms with Crippen LogP contribution in [0.1, 0.15) is 22.2 Å². The van der Waals surface area contributed by atoms with Crippen molar-refractivity contribution in [2.75, 3.05) is 24.7 Å². The van der Waals surface area contributed by atoms with Crippen LogP contribution in [0.15, 0.2) is 29.6 Å². The molecule has 1 aromatic heterocycles. The summed E-state index contributed by atoms with van der Waals surface area (Å²) >= 11 is 0.877. The number of thiazole rings is 1. The molecule has 0 bridgehead atoms. The first-order valence-electron chi connectivity index (χ1n) is 8.58. The Morgan fingerprint density at radius 3 is 2.43 bits per heavy atom. The van der Waals surface area contributed by atoms with Gasteiger partial charge in [0.05, 0.1) is 18.9 Å². The lowest BCUT2D eigenvalue weighted by atomic mass is 9.94. The highest BCUT2D eigenvalue weighted by molar-refractivity contribution is 7.92. The number of hydrogen-bond acceptors (Lipinski definition) is 10. The third-order valence-electron chi connectivity index (χ3n) is 3.98. The smallest absolute Gasteiger partial charge is 0.271 e. The van der Waals surface area contributed by atoms with Crippen LogP contribution in [-0.2, 0) is 14.8 Å². The molecule has 0 aliphatic carbocycles. The zero-order valence-corrected chi connectivity index (χ0v) is 17.7. The number of amides is 1. The number of methoxy groups -OCH3 is 1. The van der Waals surface area contributed by atoms with Gasteiger partial charge in [0.25, 0.3) is 5.91 Å². The van der Waals surface area contributed by atoms with Crippen molar-refractivity contribution in [1.29, 1.82) is 0 Å². The minimum Gasteiger partial charge on any atom is -0.508 e. The summed E-state index contributed by atoms with van der Waals surface area (Å²) in [5, 5.41) is 44.3. The molecule has 13 heteroatoms. The van der Waals surface area contributed by atoms with Gasteiger partial charge in [0, 0.05) is 12.5 Å². The number of benzene rings is 1. The van der Waals surface area contributed by atoms with Gasteiger partial charge in [-0.1, -0.05) is 12.1 Å². The van der Waals surface area contributed by atoms with Crippen molar-refractivity contribution in [1.82, 2.24) is 10.3 Å². The third kappa shape index (κ3) is 6.62. The van der Waals surface area contributed by atoms with Gasteiger partial charge >= 0.3 is 0 Å². The summed E-state index contributed by atoms with van der Waals surface area (Å²) < 4.78 is 29.5. The van der Waals surface area contributed by atoms with E-state index in [0.717, 1.165) is 17.6 Å². The maximum atomic E-state index is 12.6. The molecule has 4 atom stereocenters. The van der Waals surface area contributed by atoms with E-state index in [4.69, 9.17) is 4.74 Å². The van der Waals surface area contributed by atoms with E-state index in [-0.39, 0.29) is 28.7 Å². The van der Waals surface area contributed by atoms with Gasteiger partial charge < -0.3 is 30.5 Å². The number of aromatic nitrogens is 1. The number of phenolic OH excluding ortho intramolecular Hbond substituents is 1. The molecule has 0 saturated carbocycles. The van der Waals surface area contributed by atoms with Crippen molar-refractivity contribution in [2.24, 2.45) is 0 Å². The number of nitrogens with zero attached hydrogens (tertiary/aromatic N) is 1. The lowest BCUT2D eigenvalue weighted by Crippen LogP contribution is -2.52. The van der Waals surface area contributed by atoms with Gasteiger partial charge in [0.15, 0.2) is 5.13 Å². The van der Waals surface area contributed by atoms with Crippen LogP contribution in [-0.4, -0.2) is 78.0 Å². The summed E-state index contributed by atoms with van der Waals surface area (Å²) in [7, 11) is -2.27. The lowest BCUT2D eigenvalue weighted by molar-refractivity contribution is -0.0633. The number of aromatic hydroxyl groups is 1. The predicted molar refractivity (Wildman–Crippen MR) is 109 cm³/mol. The normalized spacial score (nSPS) is 15.8. The van der Waals surface area contributed by atoms with Crippen molar-refractivity contribution >= 4 is 32.4 Å². The topological polar surface area (TPSA) is 178 Å². The first-order chi connectivity index (χ1) is 14.0. The quantitative estimate of drug-likeness (QED) is 0.270. The third-order valence-corrected chi connectivity index (χ3v) is 5.43. The number of carbonyl (C=O) groups is 1. The van der Waals surface area contributed by atoms with Crippen LogP contribution < -0.4 is 10.0 Å². The number of anilines is 1. The number of phenols is 1. The van der Waals surface area contributed by atoms with Crippen molar-refractivity contribution < 1.29 is 38.4 Å². The van der Waals surface area contributed by atoms with Crippen LogP contribution in [0, 0.1) is 0 Å². The van der Waals surface area contributed by atoms with Gasteiger partial charge in [0.2, 0.25) is 10.0 Å². The average molecular weight is 462 g/mol. The minimum atomic E-state index is -3.58. The summed E-state index contributed by atoms with van der Waals surface area (Å²) in [4.78, 5) is 16.5. The molecule has 4 unspecified atom stereocenters. The van der Waals surface area contributed by atoms with E-state index < -0.39 is 40.3 Å². The van der Waals surface area contributed by atoms with Crippen molar-refractivity contribution in [2.45, 2.75) is 24.4 Å². The largest absolute Gasteiger partial charge is 0.508 e. The minimum absolute atomic E-state index is 0.0294. The van der Waals surface area contributed by atoms with Crippen molar-refractivity contribution in [3.8, 4) is 5.75 Å². The molecule has 11 nitrogen and oxygen atoms in total. The number of carbonyl (C=O) groups excluding carboxylic acids is 1. The van der Waals surface area contributed by atoms with E-state index in [2.05, 4.69) is 15.0 Å². The highest BCUT2D eigenvalue weighted by Gasteiger charge is 2.35. The van der Waals surface area contributed by atoms with E-state index in [1.807, 2.05) is 0 Å². The molecular formula is C17H23N3O8S2. The molecule has 0 spiro atoms. The Balaban J connectivity index is 2.25. The van der Waals surface area contributed by atoms with E-state index in [9.17, 15) is 33.6 Å². The number of ether oxygens (including phenoxy) is 1. The van der Waals surface area contributed by atoms with Crippen LogP contribution >= 0.6 is 11.3 Å². The number of sulfonamides is 1. The molecule has 1 amide bonds. The van der Waals surface area contributed by atoms with E-state index >= 15 is 0 Å². The number of hydrogen-bond donors (Lipinski definition) is 6. The summed E-state index contributed by atoms with van der Waals surface area (Å²) in [5.41, 5.74) is 0.113. The second-order valence-corrected chi connectivity index (χ2v) is 9.07. The van der Waals surface area contributed by atoms with E-state index in [1.165, 1.54) is 36.8 Å². The second kappa shape index (κ2) is 10.1. The lowest BCUT2D eigenvalue weighted by Gasteiger charge is -2.31. The molecule has 2 aromatic rings. The number of nitrogens with one attached hydrogen (secondary N) is 2. The van der Waals surface area contributed by atoms with Gasteiger partial charge in [-0.3, -0.25) is 9.52 Å². The van der Waals surface area contributed by atoms with Gasteiger partial charge in [-0.25, -0.2) is 13.4 Å². The molecule has 2 rings (SSSR count). The fourth-order valence-corrected chi connectivity index (χ4v) is 4.09. The summed E-state index contributed by atoms with van der Waals surface area (Å²) in [5.74, 6) is -0.848. The second-order valence-electron chi connectivity index (χ2n) is 6.46. The number of aliphatic hydroxyl groups is 3. The Morgan fingerprint density at radius 2 is 1.87 bits per heavy atom. The van der Waals surface area contributed by atoms with Gasteiger partial charge in [-0.2, -0.15) is 0 Å². The monoisotopic (exact) mass is 461 g/mol. The molecule has 6 N–H and O–H groups in total. The fourth-order valence-electron chi connectivity index (χ4n) is 2.55. The van der Waals surface area contributed by atoms with Crippen LogP contribution in [0.5, 0.6) is 5.75 Å². The molecule has 166 valence electrons. The standard InChI is InChI=1S/C17H23N3O8S2/c1-28-7-12(22)15(24)13(14(23)9-3-5-10(21)6-4-9)19-16(25)11-8-29-17(18-11)20-30(2,26)27/h3-6,8,12-15,21-24H,7H2,1-2H3,(H,18,20)(H,19,25). The fraction of sp³-hybridized carbons (Fsp3) is 0.412. The first kappa shape index (κ1) is 24.0. The summed E-state index contributed by atoms with van der Waals surface area (Å²) in [6, 6.07) is 4.05. The molecule has 0 aliphatic rings. The van der Waals surface area contributed by atoms with E-state index in [1.54, 1.807) is 0 Å².